The molecular formula is C11H20N2O4. The molecule has 98 valence electrons. The van der Waals surface area contributed by atoms with E-state index in [1.807, 2.05) is 13.8 Å². The number of aliphatic carboxylic acids is 1. The lowest BCUT2D eigenvalue weighted by Crippen LogP contribution is -2.48. The highest BCUT2D eigenvalue weighted by atomic mass is 16.5. The number of nitrogens with one attached hydrogen (secondary N) is 2. The molecule has 1 aliphatic rings. The van der Waals surface area contributed by atoms with Gasteiger partial charge in [0.25, 0.3) is 0 Å². The van der Waals surface area contributed by atoms with Crippen LogP contribution in [0, 0.1) is 0 Å². The zero-order valence-electron chi connectivity index (χ0n) is 10.2. The fourth-order valence-electron chi connectivity index (χ4n) is 1.82. The Morgan fingerprint density at radius 1 is 1.53 bits per heavy atom. The van der Waals surface area contributed by atoms with Gasteiger partial charge in [-0.1, -0.05) is 6.92 Å². The van der Waals surface area contributed by atoms with E-state index in [1.54, 1.807) is 0 Å². The first-order chi connectivity index (χ1) is 8.02. The SMILES string of the molecule is CCC(CC(=O)O)NC(=O)NC1CCOC1C. The molecule has 1 heterocycles. The minimum absolute atomic E-state index is 0.0114. The summed E-state index contributed by atoms with van der Waals surface area (Å²) in [6.07, 6.45) is 1.35. The summed E-state index contributed by atoms with van der Waals surface area (Å²) in [5.74, 6) is -0.908. The molecule has 1 aliphatic heterocycles. The van der Waals surface area contributed by atoms with E-state index >= 15 is 0 Å². The lowest BCUT2D eigenvalue weighted by molar-refractivity contribution is -0.137. The Morgan fingerprint density at radius 3 is 2.71 bits per heavy atom. The van der Waals surface area contributed by atoms with Gasteiger partial charge in [-0.25, -0.2) is 4.79 Å². The number of carbonyl (C=O) groups excluding carboxylic acids is 1. The number of carboxylic acid groups (broad SMARTS) is 1. The normalized spacial score (nSPS) is 25.3. The van der Waals surface area contributed by atoms with Crippen LogP contribution in [-0.2, 0) is 9.53 Å². The van der Waals surface area contributed by atoms with Gasteiger partial charge in [0.1, 0.15) is 0 Å². The van der Waals surface area contributed by atoms with Crippen LogP contribution in [0.2, 0.25) is 0 Å². The van der Waals surface area contributed by atoms with Gasteiger partial charge >= 0.3 is 12.0 Å². The van der Waals surface area contributed by atoms with Crippen LogP contribution in [0.1, 0.15) is 33.1 Å². The summed E-state index contributed by atoms with van der Waals surface area (Å²) in [7, 11) is 0. The van der Waals surface area contributed by atoms with E-state index in [9.17, 15) is 9.59 Å². The average Bonchev–Trinajstić information content (AvgIpc) is 2.62. The third kappa shape index (κ3) is 4.60. The molecule has 0 aromatic heterocycles. The van der Waals surface area contributed by atoms with Crippen molar-refractivity contribution in [1.82, 2.24) is 10.6 Å². The molecule has 17 heavy (non-hydrogen) atoms. The number of rotatable bonds is 5. The first kappa shape index (κ1) is 13.8. The molecule has 0 aliphatic carbocycles. The number of hydrogen-bond donors (Lipinski definition) is 3. The summed E-state index contributed by atoms with van der Waals surface area (Å²) in [6, 6.07) is -0.636. The second kappa shape index (κ2) is 6.44. The molecule has 0 aromatic rings. The number of carboxylic acids is 1. The van der Waals surface area contributed by atoms with E-state index in [2.05, 4.69) is 10.6 Å². The van der Waals surface area contributed by atoms with Crippen molar-refractivity contribution in [3.8, 4) is 0 Å². The molecule has 1 fully saturated rings. The van der Waals surface area contributed by atoms with Gasteiger partial charge in [-0.05, 0) is 19.8 Å². The van der Waals surface area contributed by atoms with Gasteiger partial charge in [0.2, 0.25) is 0 Å². The highest BCUT2D eigenvalue weighted by Gasteiger charge is 2.26. The van der Waals surface area contributed by atoms with Gasteiger partial charge in [-0.15, -0.1) is 0 Å². The van der Waals surface area contributed by atoms with Gasteiger partial charge in [-0.2, -0.15) is 0 Å². The van der Waals surface area contributed by atoms with Crippen molar-refractivity contribution >= 4 is 12.0 Å². The number of hydrogen-bond acceptors (Lipinski definition) is 3. The minimum atomic E-state index is -0.908. The fourth-order valence-corrected chi connectivity index (χ4v) is 1.82. The highest BCUT2D eigenvalue weighted by molar-refractivity contribution is 5.76. The standard InChI is InChI=1S/C11H20N2O4/c1-3-8(6-10(14)15)12-11(16)13-9-4-5-17-7(9)2/h7-9H,3-6H2,1-2H3,(H,14,15)(H2,12,13,16). The van der Waals surface area contributed by atoms with Gasteiger partial charge in [0, 0.05) is 12.6 Å². The minimum Gasteiger partial charge on any atom is -0.481 e. The van der Waals surface area contributed by atoms with Crippen LogP contribution in [0.5, 0.6) is 0 Å². The first-order valence-corrected chi connectivity index (χ1v) is 5.93. The van der Waals surface area contributed by atoms with Gasteiger partial charge in [0.05, 0.1) is 18.6 Å². The molecule has 1 saturated heterocycles. The summed E-state index contributed by atoms with van der Waals surface area (Å²) in [4.78, 5) is 22.2. The quantitative estimate of drug-likeness (QED) is 0.665. The molecule has 3 N–H and O–H groups in total. The zero-order valence-corrected chi connectivity index (χ0v) is 10.2. The van der Waals surface area contributed by atoms with Crippen molar-refractivity contribution < 1.29 is 19.4 Å². The van der Waals surface area contributed by atoms with Gasteiger partial charge in [0.15, 0.2) is 0 Å². The Morgan fingerprint density at radius 2 is 2.24 bits per heavy atom. The van der Waals surface area contributed by atoms with E-state index in [0.29, 0.717) is 13.0 Å². The second-order valence-corrected chi connectivity index (χ2v) is 4.29. The molecule has 3 atom stereocenters. The predicted molar refractivity (Wildman–Crippen MR) is 61.8 cm³/mol. The molecule has 3 unspecified atom stereocenters. The summed E-state index contributed by atoms with van der Waals surface area (Å²) < 4.78 is 5.33. The summed E-state index contributed by atoms with van der Waals surface area (Å²) >= 11 is 0. The molecule has 6 nitrogen and oxygen atoms in total. The smallest absolute Gasteiger partial charge is 0.315 e. The number of ether oxygens (including phenoxy) is 1. The van der Waals surface area contributed by atoms with Crippen LogP contribution >= 0.6 is 0 Å². The van der Waals surface area contributed by atoms with Crippen molar-refractivity contribution in [1.29, 1.82) is 0 Å². The molecule has 0 spiro atoms. The van der Waals surface area contributed by atoms with Crippen LogP contribution in [0.3, 0.4) is 0 Å². The van der Waals surface area contributed by atoms with Gasteiger partial charge < -0.3 is 20.5 Å². The van der Waals surface area contributed by atoms with E-state index in [-0.39, 0.29) is 30.6 Å². The Bertz CT molecular complexity index is 283. The molecule has 1 rings (SSSR count). The molecular weight excluding hydrogens is 224 g/mol. The topological polar surface area (TPSA) is 87.7 Å². The van der Waals surface area contributed by atoms with Crippen LogP contribution < -0.4 is 10.6 Å². The van der Waals surface area contributed by atoms with E-state index < -0.39 is 5.97 Å². The van der Waals surface area contributed by atoms with E-state index in [0.717, 1.165) is 6.42 Å². The molecule has 6 heteroatoms. The van der Waals surface area contributed by atoms with Crippen molar-refractivity contribution in [3.05, 3.63) is 0 Å². The number of amides is 2. The van der Waals surface area contributed by atoms with E-state index in [1.165, 1.54) is 0 Å². The number of urea groups is 1. The van der Waals surface area contributed by atoms with Crippen LogP contribution in [0.15, 0.2) is 0 Å². The maximum atomic E-state index is 11.6. The third-order valence-corrected chi connectivity index (χ3v) is 2.94. The maximum Gasteiger partial charge on any atom is 0.315 e. The van der Waals surface area contributed by atoms with Gasteiger partial charge in [-0.3, -0.25) is 4.79 Å². The Kier molecular flexibility index (Phi) is 5.21. The van der Waals surface area contributed by atoms with Crippen LogP contribution in [0.4, 0.5) is 4.79 Å². The van der Waals surface area contributed by atoms with Crippen LogP contribution in [-0.4, -0.2) is 41.9 Å². The van der Waals surface area contributed by atoms with Crippen molar-refractivity contribution in [2.24, 2.45) is 0 Å². The Labute approximate surface area is 101 Å². The lowest BCUT2D eigenvalue weighted by Gasteiger charge is -2.20. The maximum absolute atomic E-state index is 11.6. The van der Waals surface area contributed by atoms with Crippen molar-refractivity contribution in [2.45, 2.75) is 51.3 Å². The van der Waals surface area contributed by atoms with Crippen molar-refractivity contribution in [3.63, 3.8) is 0 Å². The largest absolute Gasteiger partial charge is 0.481 e. The van der Waals surface area contributed by atoms with E-state index in [4.69, 9.17) is 9.84 Å². The zero-order chi connectivity index (χ0) is 12.8. The Hall–Kier alpha value is -1.30. The molecule has 0 bridgehead atoms. The predicted octanol–water partition coefficient (Wildman–Crippen LogP) is 0.716. The summed E-state index contributed by atoms with van der Waals surface area (Å²) in [5, 5.41) is 14.1. The third-order valence-electron chi connectivity index (χ3n) is 2.94. The monoisotopic (exact) mass is 244 g/mol. The summed E-state index contributed by atoms with van der Waals surface area (Å²) in [5.41, 5.74) is 0. The number of carbonyl (C=O) groups is 2. The average molecular weight is 244 g/mol. The molecule has 0 radical (unpaired) electrons. The summed E-state index contributed by atoms with van der Waals surface area (Å²) in [6.45, 7) is 4.40. The second-order valence-electron chi connectivity index (χ2n) is 4.29. The molecule has 2 amide bonds. The highest BCUT2D eigenvalue weighted by Crippen LogP contribution is 2.12. The van der Waals surface area contributed by atoms with Crippen molar-refractivity contribution in [2.75, 3.05) is 6.61 Å². The Balaban J connectivity index is 2.34. The fraction of sp³-hybridized carbons (Fsp3) is 0.818. The molecule has 0 saturated carbocycles. The first-order valence-electron chi connectivity index (χ1n) is 5.93. The lowest BCUT2D eigenvalue weighted by atomic mass is 10.1. The molecule has 0 aromatic carbocycles. The van der Waals surface area contributed by atoms with Crippen LogP contribution in [0.25, 0.3) is 0 Å².